The summed E-state index contributed by atoms with van der Waals surface area (Å²) in [5.41, 5.74) is 31.1. The van der Waals surface area contributed by atoms with Crippen LogP contribution in [0.15, 0.2) is 182 Å². The topological polar surface area (TPSA) is 9.72 Å². The van der Waals surface area contributed by atoms with E-state index in [1.54, 1.807) is 0 Å². The van der Waals surface area contributed by atoms with Gasteiger partial charge in [0.1, 0.15) is 0 Å². The van der Waals surface area contributed by atoms with Crippen molar-refractivity contribution in [2.24, 2.45) is 0 Å². The lowest BCUT2D eigenvalue weighted by Crippen LogP contribution is -2.62. The van der Waals surface area contributed by atoms with Crippen LogP contribution in [0.25, 0.3) is 22.3 Å². The molecule has 0 aromatic heterocycles. The largest absolute Gasteiger partial charge is 0.334 e. The van der Waals surface area contributed by atoms with Crippen LogP contribution in [-0.2, 0) is 32.5 Å². The molecule has 3 aliphatic carbocycles. The number of hydrogen-bond acceptors (Lipinski definition) is 3. The van der Waals surface area contributed by atoms with E-state index < -0.39 is 0 Å². The molecule has 2 atom stereocenters. The monoisotopic (exact) mass is 1110 g/mol. The van der Waals surface area contributed by atoms with Crippen molar-refractivity contribution in [3.63, 3.8) is 0 Å². The van der Waals surface area contributed by atoms with Gasteiger partial charge in [-0.15, -0.1) is 0 Å². The molecule has 2 unspecified atom stereocenters. The molecule has 9 aromatic carbocycles. The molecule has 1 saturated carbocycles. The Labute approximate surface area is 508 Å². The predicted octanol–water partition coefficient (Wildman–Crippen LogP) is 19.8. The lowest BCUT2D eigenvalue weighted by atomic mass is 9.33. The molecule has 0 amide bonds. The summed E-state index contributed by atoms with van der Waals surface area (Å²) in [6.45, 7) is 34.4. The molecule has 15 rings (SSSR count). The number of nitrogens with zero attached hydrogens (tertiary/aromatic N) is 3. The van der Waals surface area contributed by atoms with Gasteiger partial charge in [-0.25, -0.2) is 0 Å². The van der Waals surface area contributed by atoms with Gasteiger partial charge in [0.15, 0.2) is 0 Å². The Hall–Kier alpha value is -7.56. The van der Waals surface area contributed by atoms with E-state index in [1.165, 1.54) is 160 Å². The van der Waals surface area contributed by atoms with Gasteiger partial charge in [0, 0.05) is 61.6 Å². The van der Waals surface area contributed by atoms with Gasteiger partial charge >= 0.3 is 0 Å². The Morgan fingerprint density at radius 3 is 1.56 bits per heavy atom. The molecule has 0 bridgehead atoms. The van der Waals surface area contributed by atoms with Crippen LogP contribution in [0.5, 0.6) is 0 Å². The fourth-order valence-corrected chi connectivity index (χ4v) is 17.5. The first-order valence-electron chi connectivity index (χ1n) is 32.0. The van der Waals surface area contributed by atoms with Crippen molar-refractivity contribution in [3.8, 4) is 22.3 Å². The smallest absolute Gasteiger partial charge is 0.252 e. The van der Waals surface area contributed by atoms with Crippen LogP contribution in [0.2, 0.25) is 0 Å². The molecule has 0 N–H and O–H groups in total. The van der Waals surface area contributed by atoms with Crippen molar-refractivity contribution in [2.75, 3.05) is 14.7 Å². The Morgan fingerprint density at radius 1 is 0.388 bits per heavy atom. The molecule has 4 heteroatoms. The van der Waals surface area contributed by atoms with E-state index in [0.29, 0.717) is 0 Å². The predicted molar refractivity (Wildman–Crippen MR) is 364 cm³/mol. The van der Waals surface area contributed by atoms with Gasteiger partial charge in [-0.05, 0) is 187 Å². The van der Waals surface area contributed by atoms with Crippen LogP contribution in [0.1, 0.15) is 179 Å². The lowest BCUT2D eigenvalue weighted by Gasteiger charge is -2.51. The van der Waals surface area contributed by atoms with E-state index in [0.717, 1.165) is 12.8 Å². The number of rotatable bonds is 5. The minimum absolute atomic E-state index is 0.00722. The quantitative estimate of drug-likeness (QED) is 0.159. The summed E-state index contributed by atoms with van der Waals surface area (Å²) >= 11 is 0. The van der Waals surface area contributed by atoms with E-state index in [1.807, 2.05) is 0 Å². The average molecular weight is 1110 g/mol. The third kappa shape index (κ3) is 7.64. The number of anilines is 8. The summed E-state index contributed by atoms with van der Waals surface area (Å²) in [5.74, 6) is 0. The molecule has 9 aromatic rings. The van der Waals surface area contributed by atoms with Crippen LogP contribution in [0, 0.1) is 6.92 Å². The molecule has 3 nitrogen and oxygen atoms in total. The lowest BCUT2D eigenvalue weighted by molar-refractivity contribution is 0.195. The second-order valence-electron chi connectivity index (χ2n) is 30.4. The van der Waals surface area contributed by atoms with Crippen molar-refractivity contribution >= 4 is 68.6 Å². The van der Waals surface area contributed by atoms with E-state index >= 15 is 0 Å². The molecular formula is C81H84BN3. The molecule has 3 aliphatic heterocycles. The Bertz CT molecular complexity index is 4250. The maximum Gasteiger partial charge on any atom is 0.252 e. The maximum absolute atomic E-state index is 2.84. The number of fused-ring (bicyclic) bond motifs is 10. The molecule has 85 heavy (non-hydrogen) atoms. The zero-order chi connectivity index (χ0) is 59.1. The number of benzene rings is 9. The Balaban J connectivity index is 1.13. The maximum atomic E-state index is 2.84. The summed E-state index contributed by atoms with van der Waals surface area (Å²) in [6.07, 6.45) is 7.06. The Kier molecular flexibility index (Phi) is 11.6. The third-order valence-corrected chi connectivity index (χ3v) is 22.8. The zero-order valence-corrected chi connectivity index (χ0v) is 53.0. The third-order valence-electron chi connectivity index (χ3n) is 22.8. The van der Waals surface area contributed by atoms with Gasteiger partial charge in [-0.1, -0.05) is 229 Å². The van der Waals surface area contributed by atoms with Crippen molar-refractivity contribution in [1.82, 2.24) is 0 Å². The standard InChI is InChI=1S/C81H84BN3/c1-51-43-61-62(77(7,8)42-41-76(61,5)6)49-70(51)84-69-37-35-54(52-27-17-15-18-28-52)44-65(69)82-66-48-63-64(79(11,12)59-32-22-21-31-58(59)78(63,9)10)50-71(66)83(67-38-36-55(75(2,3)4)45-57(67)53-29-19-16-20-30-53)72-46-56(47-73(84)74(72)82)85-68-34-24-23-33-60(68)80(13)39-25-26-40-81(80,85)14/h15-24,27-38,43-50H,25-26,39-42H2,1-14H3. The van der Waals surface area contributed by atoms with Crippen LogP contribution >= 0.6 is 0 Å². The van der Waals surface area contributed by atoms with Crippen LogP contribution in [-0.4, -0.2) is 12.3 Å². The summed E-state index contributed by atoms with van der Waals surface area (Å²) in [6, 6.07) is 72.1. The van der Waals surface area contributed by atoms with Crippen LogP contribution in [0.4, 0.5) is 45.5 Å². The highest BCUT2D eigenvalue weighted by atomic mass is 15.3. The zero-order valence-electron chi connectivity index (χ0n) is 53.0. The summed E-state index contributed by atoms with van der Waals surface area (Å²) < 4.78 is 0. The highest BCUT2D eigenvalue weighted by Gasteiger charge is 2.58. The fourth-order valence-electron chi connectivity index (χ4n) is 17.5. The molecule has 0 saturated heterocycles. The van der Waals surface area contributed by atoms with Gasteiger partial charge in [0.25, 0.3) is 6.71 Å². The van der Waals surface area contributed by atoms with Crippen LogP contribution in [0.3, 0.4) is 0 Å². The van der Waals surface area contributed by atoms with Gasteiger partial charge in [-0.2, -0.15) is 0 Å². The van der Waals surface area contributed by atoms with Gasteiger partial charge in [-0.3, -0.25) is 0 Å². The normalized spacial score (nSPS) is 21.4. The molecule has 1 fully saturated rings. The van der Waals surface area contributed by atoms with E-state index in [2.05, 4.69) is 294 Å². The minimum Gasteiger partial charge on any atom is -0.334 e. The van der Waals surface area contributed by atoms with Crippen molar-refractivity contribution in [1.29, 1.82) is 0 Å². The van der Waals surface area contributed by atoms with Gasteiger partial charge in [0.05, 0.1) is 11.2 Å². The molecule has 426 valence electrons. The summed E-state index contributed by atoms with van der Waals surface area (Å²) in [4.78, 5) is 8.37. The fraction of sp³-hybridized carbons (Fsp3) is 0.333. The SMILES string of the molecule is Cc1cc2c(cc1N1c3ccc(-c4ccccc4)cc3B3c4cc5c(cc4N(c4ccc(C(C)(C)C)cc4-c4ccccc4)c4cc(N6c7ccccc7C7(C)CCCCC67C)cc1c43)C(C)(C)c1ccccc1C5(C)C)C(C)(C)CCC2(C)C. The summed E-state index contributed by atoms with van der Waals surface area (Å²) in [5, 5.41) is 0. The second kappa shape index (κ2) is 18.2. The molecule has 0 spiro atoms. The first-order valence-corrected chi connectivity index (χ1v) is 32.0. The van der Waals surface area contributed by atoms with Gasteiger partial charge < -0.3 is 14.7 Å². The van der Waals surface area contributed by atoms with E-state index in [4.69, 9.17) is 0 Å². The second-order valence-corrected chi connectivity index (χ2v) is 30.4. The van der Waals surface area contributed by atoms with Crippen molar-refractivity contribution in [2.45, 2.75) is 173 Å². The van der Waals surface area contributed by atoms with Crippen LogP contribution < -0.4 is 31.1 Å². The van der Waals surface area contributed by atoms with E-state index in [9.17, 15) is 0 Å². The van der Waals surface area contributed by atoms with Crippen molar-refractivity contribution in [3.05, 3.63) is 232 Å². The molecular weight excluding hydrogens is 1030 g/mol. The number of para-hydroxylation sites is 1. The average Bonchev–Trinajstić information content (AvgIpc) is 1.59. The highest BCUT2D eigenvalue weighted by molar-refractivity contribution is 7.00. The number of hydrogen-bond donors (Lipinski definition) is 0. The number of aryl methyl sites for hydroxylation is 1. The van der Waals surface area contributed by atoms with E-state index in [-0.39, 0.29) is 44.7 Å². The first kappa shape index (κ1) is 54.1. The van der Waals surface area contributed by atoms with Gasteiger partial charge in [0.2, 0.25) is 0 Å². The molecule has 0 radical (unpaired) electrons. The minimum atomic E-state index is -0.277. The molecule has 3 heterocycles. The highest BCUT2D eigenvalue weighted by Crippen LogP contribution is 2.63. The molecule has 6 aliphatic rings. The Morgan fingerprint density at radius 2 is 0.918 bits per heavy atom. The summed E-state index contributed by atoms with van der Waals surface area (Å²) in [7, 11) is 0. The first-order chi connectivity index (χ1) is 40.4. The van der Waals surface area contributed by atoms with Crippen molar-refractivity contribution < 1.29 is 0 Å².